The zero-order valence-corrected chi connectivity index (χ0v) is 11.4. The molecule has 0 atom stereocenters. The van der Waals surface area contributed by atoms with Crippen molar-refractivity contribution in [3.63, 3.8) is 0 Å². The van der Waals surface area contributed by atoms with Crippen molar-refractivity contribution in [1.82, 2.24) is 4.57 Å². The molecule has 5 heteroatoms. The maximum Gasteiger partial charge on any atom is 0.419 e. The molecule has 2 aromatic rings. The number of aryl methyl sites for hydroxylation is 1. The first-order valence-corrected chi connectivity index (χ1v) is 6.32. The van der Waals surface area contributed by atoms with E-state index in [0.29, 0.717) is 18.8 Å². The molecule has 0 bridgehead atoms. The van der Waals surface area contributed by atoms with Gasteiger partial charge in [-0.15, -0.1) is 0 Å². The van der Waals surface area contributed by atoms with Gasteiger partial charge in [0.1, 0.15) is 0 Å². The molecule has 0 amide bonds. The molecule has 1 saturated heterocycles. The van der Waals surface area contributed by atoms with Gasteiger partial charge >= 0.3 is 5.76 Å². The van der Waals surface area contributed by atoms with E-state index in [-0.39, 0.29) is 16.7 Å². The van der Waals surface area contributed by atoms with E-state index < -0.39 is 0 Å². The van der Waals surface area contributed by atoms with Gasteiger partial charge in [-0.2, -0.15) is 0 Å². The number of oxazole rings is 1. The number of hydrogen-bond acceptors (Lipinski definition) is 4. The highest BCUT2D eigenvalue weighted by atomic mass is 16.5. The molecule has 0 saturated carbocycles. The Labute approximate surface area is 111 Å². The highest BCUT2D eigenvalue weighted by molar-refractivity contribution is 5.74. The minimum atomic E-state index is -0.387. The van der Waals surface area contributed by atoms with Gasteiger partial charge in [-0.05, 0) is 31.5 Å². The van der Waals surface area contributed by atoms with E-state index in [1.165, 1.54) is 4.57 Å². The monoisotopic (exact) mass is 262 g/mol. The summed E-state index contributed by atoms with van der Waals surface area (Å²) in [5, 5.41) is 0. The molecule has 3 rings (SSSR count). The Kier molecular flexibility index (Phi) is 2.43. The lowest BCUT2D eigenvalue weighted by atomic mass is 9.66. The average molecular weight is 262 g/mol. The van der Waals surface area contributed by atoms with Crippen molar-refractivity contribution < 1.29 is 9.15 Å². The number of rotatable bonds is 2. The smallest absolute Gasteiger partial charge is 0.408 e. The van der Waals surface area contributed by atoms with Crippen LogP contribution in [0.4, 0.5) is 0 Å². The maximum atomic E-state index is 11.5. The van der Waals surface area contributed by atoms with Crippen LogP contribution < -0.4 is 11.5 Å². The fourth-order valence-electron chi connectivity index (χ4n) is 2.64. The van der Waals surface area contributed by atoms with Crippen molar-refractivity contribution in [2.24, 2.45) is 12.8 Å². The lowest BCUT2D eigenvalue weighted by Crippen LogP contribution is -2.64. The molecule has 1 aromatic carbocycles. The first-order chi connectivity index (χ1) is 8.85. The van der Waals surface area contributed by atoms with E-state index in [9.17, 15) is 4.79 Å². The molecule has 102 valence electrons. The third-order valence-corrected chi connectivity index (χ3v) is 4.27. The number of nitrogens with zero attached hydrogens (tertiary/aromatic N) is 1. The van der Waals surface area contributed by atoms with Crippen LogP contribution in [0.1, 0.15) is 19.4 Å². The van der Waals surface area contributed by atoms with Crippen molar-refractivity contribution >= 4 is 11.1 Å². The molecule has 19 heavy (non-hydrogen) atoms. The summed E-state index contributed by atoms with van der Waals surface area (Å²) >= 11 is 0. The van der Waals surface area contributed by atoms with Crippen LogP contribution in [0.15, 0.2) is 27.4 Å². The lowest BCUT2D eigenvalue weighted by Gasteiger charge is -2.51. The molecule has 1 fully saturated rings. The van der Waals surface area contributed by atoms with Crippen LogP contribution in [0.5, 0.6) is 0 Å². The summed E-state index contributed by atoms with van der Waals surface area (Å²) in [4.78, 5) is 11.5. The number of ether oxygens (including phenoxy) is 1. The summed E-state index contributed by atoms with van der Waals surface area (Å²) in [5.74, 6) is -0.349. The van der Waals surface area contributed by atoms with Crippen LogP contribution in [0.25, 0.3) is 11.1 Å². The third kappa shape index (κ3) is 1.58. The highest BCUT2D eigenvalue weighted by Crippen LogP contribution is 2.41. The molecule has 5 nitrogen and oxygen atoms in total. The van der Waals surface area contributed by atoms with Gasteiger partial charge in [0.15, 0.2) is 5.58 Å². The Hall–Kier alpha value is -1.59. The van der Waals surface area contributed by atoms with Crippen molar-refractivity contribution in [3.8, 4) is 0 Å². The minimum Gasteiger partial charge on any atom is -0.408 e. The number of hydrogen-bond donors (Lipinski definition) is 1. The summed E-state index contributed by atoms with van der Waals surface area (Å²) in [6, 6.07) is 5.79. The molecule has 1 aromatic heterocycles. The first-order valence-electron chi connectivity index (χ1n) is 6.32. The average Bonchev–Trinajstić information content (AvgIpc) is 2.52. The van der Waals surface area contributed by atoms with Gasteiger partial charge in [-0.25, -0.2) is 4.79 Å². The quantitative estimate of drug-likeness (QED) is 0.881. The Morgan fingerprint density at radius 3 is 2.58 bits per heavy atom. The van der Waals surface area contributed by atoms with Crippen molar-refractivity contribution in [2.45, 2.75) is 24.8 Å². The summed E-state index contributed by atoms with van der Waals surface area (Å²) in [5.41, 5.74) is 8.22. The van der Waals surface area contributed by atoms with Crippen LogP contribution in [0, 0.1) is 0 Å². The van der Waals surface area contributed by atoms with Crippen molar-refractivity contribution in [3.05, 3.63) is 34.3 Å². The largest absolute Gasteiger partial charge is 0.419 e. The predicted octanol–water partition coefficient (Wildman–Crippen LogP) is 1.14. The van der Waals surface area contributed by atoms with Crippen molar-refractivity contribution in [2.75, 3.05) is 13.2 Å². The van der Waals surface area contributed by atoms with Crippen LogP contribution in [-0.4, -0.2) is 23.3 Å². The van der Waals surface area contributed by atoms with Crippen LogP contribution >= 0.6 is 0 Å². The van der Waals surface area contributed by atoms with E-state index in [1.54, 1.807) is 7.05 Å². The topological polar surface area (TPSA) is 70.4 Å². The molecule has 0 radical (unpaired) electrons. The normalized spacial score (nSPS) is 18.5. The van der Waals surface area contributed by atoms with Crippen LogP contribution in [-0.2, 0) is 17.2 Å². The van der Waals surface area contributed by atoms with Gasteiger partial charge < -0.3 is 14.9 Å². The molecule has 2 heterocycles. The van der Waals surface area contributed by atoms with E-state index in [1.807, 2.05) is 32.0 Å². The lowest BCUT2D eigenvalue weighted by molar-refractivity contribution is -0.0918. The summed E-state index contributed by atoms with van der Waals surface area (Å²) in [7, 11) is 1.70. The Morgan fingerprint density at radius 2 is 2.05 bits per heavy atom. The number of fused-ring (bicyclic) bond motifs is 1. The Morgan fingerprint density at radius 1 is 1.37 bits per heavy atom. The first kappa shape index (κ1) is 12.4. The standard InChI is InChI=1S/C14H18N2O3/c1-13(2,15)14(7-18-8-14)9-4-5-11-10(6-9)16(3)12(17)19-11/h4-6H,7-8,15H2,1-3H3. The number of aromatic nitrogens is 1. The molecule has 1 aliphatic rings. The molecule has 1 aliphatic heterocycles. The Bertz CT molecular complexity index is 687. The zero-order valence-electron chi connectivity index (χ0n) is 11.4. The van der Waals surface area contributed by atoms with Gasteiger partial charge in [0.05, 0.1) is 24.1 Å². The van der Waals surface area contributed by atoms with Gasteiger partial charge in [0.2, 0.25) is 0 Å². The van der Waals surface area contributed by atoms with Crippen molar-refractivity contribution in [1.29, 1.82) is 0 Å². The summed E-state index contributed by atoms with van der Waals surface area (Å²) in [6.07, 6.45) is 0. The fraction of sp³-hybridized carbons (Fsp3) is 0.500. The van der Waals surface area contributed by atoms with E-state index in [4.69, 9.17) is 14.9 Å². The minimum absolute atomic E-state index is 0.200. The molecule has 2 N–H and O–H groups in total. The van der Waals surface area contributed by atoms with E-state index >= 15 is 0 Å². The predicted molar refractivity (Wildman–Crippen MR) is 72.2 cm³/mol. The second-order valence-electron chi connectivity index (χ2n) is 5.91. The Balaban J connectivity index is 2.20. The van der Waals surface area contributed by atoms with Gasteiger partial charge in [0, 0.05) is 12.6 Å². The third-order valence-electron chi connectivity index (χ3n) is 4.27. The second kappa shape index (κ2) is 3.71. The SMILES string of the molecule is Cn1c(=O)oc2ccc(C3(C(C)(C)N)COC3)cc21. The highest BCUT2D eigenvalue weighted by Gasteiger charge is 2.50. The van der Waals surface area contributed by atoms with Crippen LogP contribution in [0.3, 0.4) is 0 Å². The second-order valence-corrected chi connectivity index (χ2v) is 5.91. The van der Waals surface area contributed by atoms with Gasteiger partial charge in [-0.3, -0.25) is 4.57 Å². The fourth-order valence-corrected chi connectivity index (χ4v) is 2.64. The molecule has 0 spiro atoms. The molecule has 0 unspecified atom stereocenters. The van der Waals surface area contributed by atoms with Crippen LogP contribution in [0.2, 0.25) is 0 Å². The van der Waals surface area contributed by atoms with E-state index in [0.717, 1.165) is 11.1 Å². The number of nitrogens with two attached hydrogens (primary N) is 1. The zero-order chi connectivity index (χ0) is 13.8. The molecule has 0 aliphatic carbocycles. The van der Waals surface area contributed by atoms with E-state index in [2.05, 4.69) is 0 Å². The summed E-state index contributed by atoms with van der Waals surface area (Å²) < 4.78 is 12.1. The molecular formula is C14H18N2O3. The van der Waals surface area contributed by atoms with Gasteiger partial charge in [0.25, 0.3) is 0 Å². The summed E-state index contributed by atoms with van der Waals surface area (Å²) in [6.45, 7) is 5.23. The maximum absolute atomic E-state index is 11.5. The van der Waals surface area contributed by atoms with Gasteiger partial charge in [-0.1, -0.05) is 6.07 Å². The number of benzene rings is 1. The molecular weight excluding hydrogens is 244 g/mol.